The van der Waals surface area contributed by atoms with Crippen molar-refractivity contribution in [1.29, 1.82) is 0 Å². The molecule has 0 N–H and O–H groups in total. The van der Waals surface area contributed by atoms with Gasteiger partial charge in [-0.05, 0) is 55.9 Å². The van der Waals surface area contributed by atoms with Crippen LogP contribution in [0.5, 0.6) is 0 Å². The molecule has 2 aliphatic rings. The summed E-state index contributed by atoms with van der Waals surface area (Å²) in [5.41, 5.74) is 1.26. The van der Waals surface area contributed by atoms with Gasteiger partial charge in [0.1, 0.15) is 4.32 Å². The van der Waals surface area contributed by atoms with Crippen LogP contribution in [0, 0.1) is 0 Å². The third-order valence-electron chi connectivity index (χ3n) is 5.69. The van der Waals surface area contributed by atoms with Gasteiger partial charge in [0, 0.05) is 25.6 Å². The smallest absolute Gasteiger partial charge is 0.337 e. The lowest BCUT2D eigenvalue weighted by Gasteiger charge is -2.35. The quantitative estimate of drug-likeness (QED) is 0.344. The molecule has 0 spiro atoms. The highest BCUT2D eigenvalue weighted by atomic mass is 32.2. The molecule has 166 valence electrons. The van der Waals surface area contributed by atoms with Crippen molar-refractivity contribution in [2.45, 2.75) is 51.5 Å². The minimum Gasteiger partial charge on any atom is -0.465 e. The van der Waals surface area contributed by atoms with Crippen molar-refractivity contribution in [1.82, 2.24) is 9.80 Å². The van der Waals surface area contributed by atoms with Gasteiger partial charge in [-0.3, -0.25) is 14.5 Å². The number of methoxy groups -OCH3 is 1. The molecule has 3 rings (SSSR count). The van der Waals surface area contributed by atoms with Crippen molar-refractivity contribution in [3.05, 3.63) is 40.3 Å². The minimum absolute atomic E-state index is 0.135. The van der Waals surface area contributed by atoms with Gasteiger partial charge in [-0.1, -0.05) is 43.0 Å². The highest BCUT2D eigenvalue weighted by Gasteiger charge is 2.32. The number of piperidine rings is 1. The molecule has 6 nitrogen and oxygen atoms in total. The molecule has 8 heteroatoms. The fraction of sp³-hybridized carbons (Fsp3) is 0.478. The van der Waals surface area contributed by atoms with Crippen LogP contribution < -0.4 is 0 Å². The summed E-state index contributed by atoms with van der Waals surface area (Å²) in [6, 6.07) is 7.20. The van der Waals surface area contributed by atoms with E-state index in [-0.39, 0.29) is 11.8 Å². The van der Waals surface area contributed by atoms with Crippen LogP contribution >= 0.6 is 24.0 Å². The molecule has 2 fully saturated rings. The number of hydrogen-bond donors (Lipinski definition) is 0. The number of thioether (sulfide) groups is 1. The molecule has 0 saturated carbocycles. The molecule has 0 radical (unpaired) electrons. The van der Waals surface area contributed by atoms with Gasteiger partial charge in [-0.2, -0.15) is 0 Å². The largest absolute Gasteiger partial charge is 0.465 e. The average Bonchev–Trinajstić information content (AvgIpc) is 3.06. The average molecular weight is 461 g/mol. The molecule has 2 aliphatic heterocycles. The maximum atomic E-state index is 12.8. The molecule has 1 unspecified atom stereocenters. The first-order valence-electron chi connectivity index (χ1n) is 10.7. The van der Waals surface area contributed by atoms with Gasteiger partial charge in [-0.25, -0.2) is 4.79 Å². The summed E-state index contributed by atoms with van der Waals surface area (Å²) in [6.07, 6.45) is 7.14. The second-order valence-electron chi connectivity index (χ2n) is 7.70. The van der Waals surface area contributed by atoms with Gasteiger partial charge in [0.05, 0.1) is 17.6 Å². The fourth-order valence-electron chi connectivity index (χ4n) is 3.96. The summed E-state index contributed by atoms with van der Waals surface area (Å²) in [5, 5.41) is 0. The van der Waals surface area contributed by atoms with Gasteiger partial charge < -0.3 is 9.64 Å². The molecule has 1 aromatic carbocycles. The maximum Gasteiger partial charge on any atom is 0.337 e. The van der Waals surface area contributed by atoms with Crippen LogP contribution in [0.2, 0.25) is 0 Å². The van der Waals surface area contributed by atoms with E-state index in [9.17, 15) is 14.4 Å². The number of nitrogens with zero attached hydrogens (tertiary/aromatic N) is 2. The summed E-state index contributed by atoms with van der Waals surface area (Å²) in [6.45, 7) is 3.42. The van der Waals surface area contributed by atoms with Gasteiger partial charge in [0.15, 0.2) is 0 Å². The molecular formula is C23H28N2O4S2. The molecule has 31 heavy (non-hydrogen) atoms. The minimum atomic E-state index is -0.401. The molecule has 2 saturated heterocycles. The van der Waals surface area contributed by atoms with Crippen molar-refractivity contribution in [3.63, 3.8) is 0 Å². The standard InChI is InChI=1S/C23H28N2O4S2/c1-3-18-7-4-5-13-24(18)20(26)8-6-14-25-21(27)19(31-23(25)30)15-16-9-11-17(12-10-16)22(28)29-2/h9-12,15,18H,3-8,13-14H2,1-2H3. The van der Waals surface area contributed by atoms with Gasteiger partial charge in [0.25, 0.3) is 5.91 Å². The topological polar surface area (TPSA) is 66.9 Å². The molecule has 2 heterocycles. The number of thiocarbonyl (C=S) groups is 1. The van der Waals surface area contributed by atoms with E-state index in [0.29, 0.717) is 40.2 Å². The van der Waals surface area contributed by atoms with Crippen molar-refractivity contribution in [3.8, 4) is 0 Å². The summed E-state index contributed by atoms with van der Waals surface area (Å²) in [7, 11) is 1.34. The second kappa shape index (κ2) is 10.9. The molecule has 0 aromatic heterocycles. The lowest BCUT2D eigenvalue weighted by molar-refractivity contribution is -0.135. The zero-order valence-electron chi connectivity index (χ0n) is 18.0. The van der Waals surface area contributed by atoms with Crippen molar-refractivity contribution < 1.29 is 19.1 Å². The lowest BCUT2D eigenvalue weighted by atomic mass is 9.99. The summed E-state index contributed by atoms with van der Waals surface area (Å²) < 4.78 is 5.21. The zero-order chi connectivity index (χ0) is 22.4. The molecule has 1 aromatic rings. The normalized spacial score (nSPS) is 20.5. The van der Waals surface area contributed by atoms with Gasteiger partial charge in [0.2, 0.25) is 5.91 Å². The Morgan fingerprint density at radius 2 is 2.00 bits per heavy atom. The Morgan fingerprint density at radius 1 is 1.26 bits per heavy atom. The van der Waals surface area contributed by atoms with E-state index in [1.54, 1.807) is 35.2 Å². The molecule has 2 amide bonds. The Hall–Kier alpha value is -2.19. The third kappa shape index (κ3) is 5.74. The number of carbonyl (C=O) groups excluding carboxylic acids is 3. The summed E-state index contributed by atoms with van der Waals surface area (Å²) in [5.74, 6) is -0.357. The Balaban J connectivity index is 1.56. The number of hydrogen-bond acceptors (Lipinski definition) is 6. The summed E-state index contributed by atoms with van der Waals surface area (Å²) >= 11 is 6.66. The van der Waals surface area contributed by atoms with E-state index < -0.39 is 5.97 Å². The number of carbonyl (C=O) groups is 3. The Kier molecular flexibility index (Phi) is 8.26. The fourth-order valence-corrected chi connectivity index (χ4v) is 5.27. The zero-order valence-corrected chi connectivity index (χ0v) is 19.6. The Labute approximate surface area is 193 Å². The number of esters is 1. The highest BCUT2D eigenvalue weighted by Crippen LogP contribution is 2.33. The molecule has 0 aliphatic carbocycles. The number of likely N-dealkylation sites (tertiary alicyclic amines) is 1. The second-order valence-corrected chi connectivity index (χ2v) is 9.37. The SMILES string of the molecule is CCC1CCCCN1C(=O)CCCN1C(=O)C(=Cc2ccc(C(=O)OC)cc2)SC1=S. The number of rotatable bonds is 7. The van der Waals surface area contributed by atoms with Crippen LogP contribution in [0.15, 0.2) is 29.2 Å². The monoisotopic (exact) mass is 460 g/mol. The lowest BCUT2D eigenvalue weighted by Crippen LogP contribution is -2.43. The van der Waals surface area contributed by atoms with Gasteiger partial charge in [-0.15, -0.1) is 0 Å². The predicted molar refractivity (Wildman–Crippen MR) is 127 cm³/mol. The van der Waals surface area contributed by atoms with Crippen molar-refractivity contribution >= 4 is 52.2 Å². The van der Waals surface area contributed by atoms with E-state index in [0.717, 1.165) is 31.4 Å². The number of ether oxygens (including phenoxy) is 1. The molecule has 0 bridgehead atoms. The summed E-state index contributed by atoms with van der Waals surface area (Å²) in [4.78, 5) is 41.1. The number of benzene rings is 1. The van der Waals surface area contributed by atoms with E-state index in [2.05, 4.69) is 6.92 Å². The first-order chi connectivity index (χ1) is 14.9. The van der Waals surface area contributed by atoms with Crippen LogP contribution in [0.1, 0.15) is 61.4 Å². The third-order valence-corrected chi connectivity index (χ3v) is 7.07. The van der Waals surface area contributed by atoms with Crippen LogP contribution in [0.25, 0.3) is 6.08 Å². The molecule has 1 atom stereocenters. The van der Waals surface area contributed by atoms with E-state index >= 15 is 0 Å². The highest BCUT2D eigenvalue weighted by molar-refractivity contribution is 8.26. The first-order valence-corrected chi connectivity index (χ1v) is 11.9. The molecular weight excluding hydrogens is 432 g/mol. The van der Waals surface area contributed by atoms with Crippen LogP contribution in [0.3, 0.4) is 0 Å². The van der Waals surface area contributed by atoms with E-state index in [1.807, 2.05) is 4.90 Å². The van der Waals surface area contributed by atoms with Crippen LogP contribution in [-0.4, -0.2) is 58.1 Å². The van der Waals surface area contributed by atoms with Gasteiger partial charge >= 0.3 is 5.97 Å². The maximum absolute atomic E-state index is 12.8. The van der Waals surface area contributed by atoms with Crippen LogP contribution in [-0.2, 0) is 14.3 Å². The Morgan fingerprint density at radius 3 is 2.68 bits per heavy atom. The van der Waals surface area contributed by atoms with Crippen molar-refractivity contribution in [2.75, 3.05) is 20.2 Å². The predicted octanol–water partition coefficient (Wildman–Crippen LogP) is 4.25. The van der Waals surface area contributed by atoms with Crippen LogP contribution in [0.4, 0.5) is 0 Å². The Bertz CT molecular complexity index is 882. The first kappa shape index (κ1) is 23.5. The van der Waals surface area contributed by atoms with Crippen molar-refractivity contribution in [2.24, 2.45) is 0 Å². The number of amides is 2. The van der Waals surface area contributed by atoms with E-state index in [1.165, 1.54) is 25.3 Å². The van der Waals surface area contributed by atoms with E-state index in [4.69, 9.17) is 17.0 Å².